The van der Waals surface area contributed by atoms with E-state index < -0.39 is 0 Å². The van der Waals surface area contributed by atoms with Crippen LogP contribution >= 0.6 is 0 Å². The lowest BCUT2D eigenvalue weighted by Crippen LogP contribution is -2.45. The minimum atomic E-state index is 0.0295. The highest BCUT2D eigenvalue weighted by Gasteiger charge is 2.20. The summed E-state index contributed by atoms with van der Waals surface area (Å²) in [5.41, 5.74) is 1.95. The molecule has 4 heteroatoms. The van der Waals surface area contributed by atoms with Gasteiger partial charge in [0.05, 0.1) is 0 Å². The van der Waals surface area contributed by atoms with E-state index in [1.54, 1.807) is 0 Å². The number of aryl methyl sites for hydroxylation is 1. The second kappa shape index (κ2) is 8.67. The smallest absolute Gasteiger partial charge is 0.251 e. The van der Waals surface area contributed by atoms with Gasteiger partial charge in [0.2, 0.25) is 0 Å². The molecular formula is C21H26N2O2. The Labute approximate surface area is 149 Å². The van der Waals surface area contributed by atoms with E-state index in [9.17, 15) is 4.79 Å². The van der Waals surface area contributed by atoms with Gasteiger partial charge in [-0.15, -0.1) is 0 Å². The van der Waals surface area contributed by atoms with Crippen LogP contribution in [0.5, 0.6) is 5.75 Å². The Morgan fingerprint density at radius 3 is 2.60 bits per heavy atom. The summed E-state index contributed by atoms with van der Waals surface area (Å²) in [6, 6.07) is 17.8. The molecule has 0 unspecified atom stereocenters. The molecule has 1 amide bonds. The monoisotopic (exact) mass is 338 g/mol. The van der Waals surface area contributed by atoms with Crippen molar-refractivity contribution < 1.29 is 9.53 Å². The van der Waals surface area contributed by atoms with Gasteiger partial charge in [0.25, 0.3) is 5.91 Å². The largest absolute Gasteiger partial charge is 0.492 e. The van der Waals surface area contributed by atoms with Crippen LogP contribution < -0.4 is 10.1 Å². The number of rotatable bonds is 6. The van der Waals surface area contributed by atoms with E-state index >= 15 is 0 Å². The average Bonchev–Trinajstić information content (AvgIpc) is 2.64. The van der Waals surface area contributed by atoms with Crippen molar-refractivity contribution in [1.82, 2.24) is 10.2 Å². The van der Waals surface area contributed by atoms with Crippen molar-refractivity contribution in [3.05, 3.63) is 65.7 Å². The molecule has 1 N–H and O–H groups in total. The van der Waals surface area contributed by atoms with Crippen LogP contribution in [0.1, 0.15) is 28.8 Å². The van der Waals surface area contributed by atoms with Crippen LogP contribution in [0.25, 0.3) is 0 Å². The van der Waals surface area contributed by atoms with Gasteiger partial charge in [-0.2, -0.15) is 0 Å². The maximum atomic E-state index is 12.2. The molecular weight excluding hydrogens is 312 g/mol. The van der Waals surface area contributed by atoms with E-state index in [4.69, 9.17) is 4.74 Å². The predicted molar refractivity (Wildman–Crippen MR) is 100 cm³/mol. The van der Waals surface area contributed by atoms with Gasteiger partial charge in [0.15, 0.2) is 0 Å². The number of carbonyl (C=O) groups excluding carboxylic acids is 1. The van der Waals surface area contributed by atoms with Gasteiger partial charge in [-0.05, 0) is 49.6 Å². The molecule has 1 saturated heterocycles. The first-order valence-corrected chi connectivity index (χ1v) is 8.98. The van der Waals surface area contributed by atoms with Gasteiger partial charge in [-0.3, -0.25) is 9.69 Å². The number of piperidine rings is 1. The summed E-state index contributed by atoms with van der Waals surface area (Å²) in [7, 11) is 0. The first kappa shape index (κ1) is 17.5. The fourth-order valence-electron chi connectivity index (χ4n) is 3.16. The molecule has 1 aliphatic heterocycles. The first-order valence-electron chi connectivity index (χ1n) is 8.98. The van der Waals surface area contributed by atoms with Crippen molar-refractivity contribution >= 4 is 5.91 Å². The van der Waals surface area contributed by atoms with Crippen LogP contribution in [0.3, 0.4) is 0 Å². The average molecular weight is 338 g/mol. The van der Waals surface area contributed by atoms with Crippen molar-refractivity contribution in [2.45, 2.75) is 25.8 Å². The summed E-state index contributed by atoms with van der Waals surface area (Å²) in [5, 5.41) is 3.15. The van der Waals surface area contributed by atoms with Crippen molar-refractivity contribution in [3.63, 3.8) is 0 Å². The minimum absolute atomic E-state index is 0.0295. The van der Waals surface area contributed by atoms with E-state index in [0.29, 0.717) is 6.61 Å². The van der Waals surface area contributed by atoms with Crippen molar-refractivity contribution in [2.75, 3.05) is 26.2 Å². The summed E-state index contributed by atoms with van der Waals surface area (Å²) in [4.78, 5) is 14.6. The zero-order valence-electron chi connectivity index (χ0n) is 14.8. The summed E-state index contributed by atoms with van der Waals surface area (Å²) >= 11 is 0. The molecule has 25 heavy (non-hydrogen) atoms. The second-order valence-electron chi connectivity index (χ2n) is 6.62. The van der Waals surface area contributed by atoms with Crippen LogP contribution in [0, 0.1) is 6.92 Å². The lowest BCUT2D eigenvalue weighted by Gasteiger charge is -2.32. The van der Waals surface area contributed by atoms with E-state index in [-0.39, 0.29) is 11.9 Å². The highest BCUT2D eigenvalue weighted by atomic mass is 16.5. The normalized spacial score (nSPS) is 15.7. The van der Waals surface area contributed by atoms with E-state index in [1.807, 2.05) is 42.5 Å². The highest BCUT2D eigenvalue weighted by Crippen LogP contribution is 2.14. The number of carbonyl (C=O) groups is 1. The minimum Gasteiger partial charge on any atom is -0.492 e. The van der Waals surface area contributed by atoms with Crippen molar-refractivity contribution in [3.8, 4) is 5.75 Å². The molecule has 1 aliphatic rings. The Kier molecular flexibility index (Phi) is 6.07. The van der Waals surface area contributed by atoms with Crippen LogP contribution in [-0.4, -0.2) is 43.1 Å². The molecule has 0 bridgehead atoms. The lowest BCUT2D eigenvalue weighted by atomic mass is 10.0. The van der Waals surface area contributed by atoms with Crippen LogP contribution in [0.15, 0.2) is 54.6 Å². The number of amides is 1. The van der Waals surface area contributed by atoms with Gasteiger partial charge in [-0.1, -0.05) is 30.3 Å². The van der Waals surface area contributed by atoms with Crippen molar-refractivity contribution in [1.29, 1.82) is 0 Å². The number of likely N-dealkylation sites (tertiary alicyclic amines) is 1. The topological polar surface area (TPSA) is 41.6 Å². The Balaban J connectivity index is 1.36. The molecule has 1 heterocycles. The highest BCUT2D eigenvalue weighted by molar-refractivity contribution is 5.94. The third-order valence-electron chi connectivity index (χ3n) is 4.62. The maximum Gasteiger partial charge on any atom is 0.251 e. The number of nitrogens with one attached hydrogen (secondary N) is 1. The molecule has 0 aliphatic carbocycles. The van der Waals surface area contributed by atoms with Crippen LogP contribution in [0.4, 0.5) is 0 Å². The summed E-state index contributed by atoms with van der Waals surface area (Å²) in [6.07, 6.45) is 1.98. The SMILES string of the molecule is Cc1cccc(OCCN2CCC(NC(=O)c3ccccc3)CC2)c1. The summed E-state index contributed by atoms with van der Waals surface area (Å²) in [6.45, 7) is 5.69. The molecule has 0 spiro atoms. The van der Waals surface area contributed by atoms with E-state index in [0.717, 1.165) is 43.8 Å². The van der Waals surface area contributed by atoms with Gasteiger partial charge >= 0.3 is 0 Å². The number of ether oxygens (including phenoxy) is 1. The molecule has 3 rings (SSSR count). The molecule has 0 aromatic heterocycles. The predicted octanol–water partition coefficient (Wildman–Crippen LogP) is 3.27. The third-order valence-corrected chi connectivity index (χ3v) is 4.62. The van der Waals surface area contributed by atoms with Gasteiger partial charge < -0.3 is 10.1 Å². The summed E-state index contributed by atoms with van der Waals surface area (Å²) < 4.78 is 5.83. The quantitative estimate of drug-likeness (QED) is 0.879. The summed E-state index contributed by atoms with van der Waals surface area (Å²) in [5.74, 6) is 0.965. The maximum absolute atomic E-state index is 12.2. The Morgan fingerprint density at radius 1 is 1.12 bits per heavy atom. The third kappa shape index (κ3) is 5.33. The lowest BCUT2D eigenvalue weighted by molar-refractivity contribution is 0.0905. The first-order chi connectivity index (χ1) is 12.2. The molecule has 2 aromatic rings. The number of nitrogens with zero attached hydrogens (tertiary/aromatic N) is 1. The van der Waals surface area contributed by atoms with Crippen molar-refractivity contribution in [2.24, 2.45) is 0 Å². The van der Waals surface area contributed by atoms with Gasteiger partial charge in [-0.25, -0.2) is 0 Å². The Hall–Kier alpha value is -2.33. The Morgan fingerprint density at radius 2 is 1.88 bits per heavy atom. The Bertz CT molecular complexity index is 679. The fraction of sp³-hybridized carbons (Fsp3) is 0.381. The zero-order chi connectivity index (χ0) is 17.5. The zero-order valence-corrected chi connectivity index (χ0v) is 14.8. The second-order valence-corrected chi connectivity index (χ2v) is 6.62. The molecule has 0 radical (unpaired) electrons. The molecule has 2 aromatic carbocycles. The standard InChI is InChI=1S/C21H26N2O2/c1-17-6-5-9-20(16-17)25-15-14-23-12-10-19(11-13-23)22-21(24)18-7-3-2-4-8-18/h2-9,16,19H,10-15H2,1H3,(H,22,24). The van der Waals surface area contributed by atoms with Gasteiger partial charge in [0.1, 0.15) is 12.4 Å². The molecule has 132 valence electrons. The van der Waals surface area contributed by atoms with Crippen LogP contribution in [-0.2, 0) is 0 Å². The van der Waals surface area contributed by atoms with Crippen LogP contribution in [0.2, 0.25) is 0 Å². The molecule has 0 atom stereocenters. The number of benzene rings is 2. The number of hydrogen-bond acceptors (Lipinski definition) is 3. The van der Waals surface area contributed by atoms with Gasteiger partial charge in [0, 0.05) is 31.2 Å². The van der Waals surface area contributed by atoms with E-state index in [2.05, 4.69) is 29.3 Å². The number of hydrogen-bond donors (Lipinski definition) is 1. The molecule has 0 saturated carbocycles. The fourth-order valence-corrected chi connectivity index (χ4v) is 3.16. The molecule has 4 nitrogen and oxygen atoms in total. The van der Waals surface area contributed by atoms with E-state index in [1.165, 1.54) is 5.56 Å². The molecule has 1 fully saturated rings.